The highest BCUT2D eigenvalue weighted by Crippen LogP contribution is 2.62. The molecule has 6 nitrogen and oxygen atoms in total. The van der Waals surface area contributed by atoms with E-state index in [0.717, 1.165) is 27.8 Å². The minimum Gasteiger partial charge on any atom is -0.383 e. The van der Waals surface area contributed by atoms with Crippen molar-refractivity contribution in [1.82, 2.24) is 10.1 Å². The number of fused-ring (bicyclic) bond motifs is 1. The average molecular weight is 447 g/mol. The van der Waals surface area contributed by atoms with Crippen LogP contribution in [0.4, 0.5) is 0 Å². The maximum absolute atomic E-state index is 13.1. The van der Waals surface area contributed by atoms with Gasteiger partial charge in [-0.3, -0.25) is 4.79 Å². The number of hydrogen-bond donors (Lipinski definition) is 1. The number of halogens is 1. The number of benzene rings is 2. The Hall–Kier alpha value is -3.51. The summed E-state index contributed by atoms with van der Waals surface area (Å²) in [6, 6.07) is 15.6. The molecule has 2 aromatic carbocycles. The molecule has 1 aromatic heterocycles. The van der Waals surface area contributed by atoms with E-state index in [1.54, 1.807) is 0 Å². The van der Waals surface area contributed by atoms with Gasteiger partial charge in [0.2, 0.25) is 5.82 Å². The summed E-state index contributed by atoms with van der Waals surface area (Å²) in [4.78, 5) is 21.9. The number of carbonyl (C=O) groups is 1. The fourth-order valence-corrected chi connectivity index (χ4v) is 4.14. The van der Waals surface area contributed by atoms with Crippen LogP contribution in [0.3, 0.4) is 0 Å². The van der Waals surface area contributed by atoms with Gasteiger partial charge in [-0.15, -0.1) is 12.4 Å². The highest BCUT2D eigenvalue weighted by Gasteiger charge is 2.61. The van der Waals surface area contributed by atoms with Gasteiger partial charge in [-0.05, 0) is 32.4 Å². The first-order valence-electron chi connectivity index (χ1n) is 10.2. The maximum Gasteiger partial charge on any atom is 0.258 e. The first kappa shape index (κ1) is 21.7. The third-order valence-corrected chi connectivity index (χ3v) is 5.93. The second kappa shape index (κ2) is 8.20. The number of nitrogens with zero attached hydrogens (tertiary/aromatic N) is 3. The summed E-state index contributed by atoms with van der Waals surface area (Å²) in [6.07, 6.45) is 6.37. The molecule has 2 N–H and O–H groups in total. The number of allylic oxidation sites excluding steroid dienone is 3. The molecule has 0 radical (unpaired) electrons. The molecule has 1 amide bonds. The molecule has 0 bridgehead atoms. The zero-order valence-electron chi connectivity index (χ0n) is 17.8. The van der Waals surface area contributed by atoms with Gasteiger partial charge in [-0.25, -0.2) is 0 Å². The maximum atomic E-state index is 13.1. The Morgan fingerprint density at radius 3 is 2.66 bits per heavy atom. The van der Waals surface area contributed by atoms with Crippen molar-refractivity contribution in [2.24, 2.45) is 22.1 Å². The highest BCUT2D eigenvalue weighted by atomic mass is 35.5. The van der Waals surface area contributed by atoms with Gasteiger partial charge < -0.3 is 10.3 Å². The summed E-state index contributed by atoms with van der Waals surface area (Å²) in [6.45, 7) is 4.00. The van der Waals surface area contributed by atoms with Crippen LogP contribution in [0.25, 0.3) is 17.0 Å². The standard InChI is InChI=1S/C25H22N4O2.ClH/c1-15-6-3-8-17(12-15)21(26)27-24(30)25-11-5-10-19(20(25)14-25)23-28-22(29-31-23)18-9-4-7-16(2)13-18;/h3-13,20H,14H2,1-2H3,(H2,26,27,30);1H. The van der Waals surface area contributed by atoms with Crippen molar-refractivity contribution >= 4 is 29.7 Å². The van der Waals surface area contributed by atoms with Crippen LogP contribution in [0.2, 0.25) is 0 Å². The predicted molar refractivity (Wildman–Crippen MR) is 126 cm³/mol. The molecule has 32 heavy (non-hydrogen) atoms. The van der Waals surface area contributed by atoms with Gasteiger partial charge in [0, 0.05) is 22.6 Å². The van der Waals surface area contributed by atoms with Crippen LogP contribution in [0.15, 0.2) is 76.3 Å². The lowest BCUT2D eigenvalue weighted by Crippen LogP contribution is -2.22. The monoisotopic (exact) mass is 446 g/mol. The molecule has 162 valence electrons. The summed E-state index contributed by atoms with van der Waals surface area (Å²) in [5.41, 5.74) is 10.1. The first-order chi connectivity index (χ1) is 15.0. The van der Waals surface area contributed by atoms with E-state index in [4.69, 9.17) is 10.3 Å². The number of amides is 1. The molecule has 2 aliphatic carbocycles. The molecule has 2 aliphatic rings. The van der Waals surface area contributed by atoms with E-state index in [9.17, 15) is 4.79 Å². The van der Waals surface area contributed by atoms with E-state index in [-0.39, 0.29) is 30.1 Å². The summed E-state index contributed by atoms with van der Waals surface area (Å²) >= 11 is 0. The normalized spacial score (nSPS) is 21.4. The fraction of sp³-hybridized carbons (Fsp3) is 0.200. The zero-order valence-corrected chi connectivity index (χ0v) is 18.6. The highest BCUT2D eigenvalue weighted by molar-refractivity contribution is 6.07. The van der Waals surface area contributed by atoms with E-state index < -0.39 is 5.41 Å². The summed E-state index contributed by atoms with van der Waals surface area (Å²) < 4.78 is 5.55. The lowest BCUT2D eigenvalue weighted by atomic mass is 9.93. The number of amidine groups is 1. The van der Waals surface area contributed by atoms with E-state index in [0.29, 0.717) is 18.1 Å². The molecule has 1 heterocycles. The van der Waals surface area contributed by atoms with Crippen molar-refractivity contribution in [3.8, 4) is 11.4 Å². The van der Waals surface area contributed by atoms with Crippen molar-refractivity contribution in [2.75, 3.05) is 0 Å². The molecule has 5 rings (SSSR count). The van der Waals surface area contributed by atoms with Crippen LogP contribution < -0.4 is 5.73 Å². The molecule has 1 saturated carbocycles. The molecule has 2 atom stereocenters. The van der Waals surface area contributed by atoms with E-state index in [2.05, 4.69) is 15.1 Å². The molecular weight excluding hydrogens is 424 g/mol. The Kier molecular flexibility index (Phi) is 5.57. The molecule has 7 heteroatoms. The number of nitrogens with two attached hydrogens (primary N) is 1. The lowest BCUT2D eigenvalue weighted by Gasteiger charge is -2.13. The van der Waals surface area contributed by atoms with Crippen LogP contribution in [-0.4, -0.2) is 21.9 Å². The van der Waals surface area contributed by atoms with Crippen molar-refractivity contribution in [2.45, 2.75) is 20.3 Å². The number of hydrogen-bond acceptors (Lipinski definition) is 4. The number of aliphatic imine (C=N–C) groups is 1. The van der Waals surface area contributed by atoms with Gasteiger partial charge in [0.1, 0.15) is 5.84 Å². The van der Waals surface area contributed by atoms with Crippen LogP contribution in [0.1, 0.15) is 29.0 Å². The largest absolute Gasteiger partial charge is 0.383 e. The number of rotatable bonds is 4. The second-order valence-electron chi connectivity index (χ2n) is 8.24. The Balaban J connectivity index is 0.00000245. The van der Waals surface area contributed by atoms with E-state index in [1.807, 2.05) is 80.6 Å². The molecule has 1 fully saturated rings. The fourth-order valence-electron chi connectivity index (χ4n) is 4.14. The third-order valence-electron chi connectivity index (χ3n) is 5.93. The SMILES string of the molecule is Cc1cccc(C(N)=NC(=O)C23C=CC=C(c4nc(-c5cccc(C)c5)no4)C2C3)c1.Cl. The quantitative estimate of drug-likeness (QED) is 0.464. The van der Waals surface area contributed by atoms with Gasteiger partial charge in [0.25, 0.3) is 11.8 Å². The van der Waals surface area contributed by atoms with Gasteiger partial charge >= 0.3 is 0 Å². The van der Waals surface area contributed by atoms with E-state index in [1.165, 1.54) is 0 Å². The van der Waals surface area contributed by atoms with Crippen LogP contribution in [0, 0.1) is 25.2 Å². The van der Waals surface area contributed by atoms with Gasteiger partial charge in [0.15, 0.2) is 0 Å². The van der Waals surface area contributed by atoms with Gasteiger partial charge in [-0.1, -0.05) is 70.9 Å². The predicted octanol–water partition coefficient (Wildman–Crippen LogP) is 4.67. The third kappa shape index (κ3) is 3.78. The Labute approximate surface area is 192 Å². The Bertz CT molecular complexity index is 1290. The van der Waals surface area contributed by atoms with Crippen molar-refractivity contribution < 1.29 is 9.32 Å². The second-order valence-corrected chi connectivity index (χ2v) is 8.24. The summed E-state index contributed by atoms with van der Waals surface area (Å²) in [5, 5.41) is 4.14. The van der Waals surface area contributed by atoms with Crippen LogP contribution in [0.5, 0.6) is 0 Å². The minimum atomic E-state index is -0.684. The van der Waals surface area contributed by atoms with Crippen LogP contribution >= 0.6 is 12.4 Å². The smallest absolute Gasteiger partial charge is 0.258 e. The van der Waals surface area contributed by atoms with Crippen molar-refractivity contribution in [3.05, 3.63) is 89.3 Å². The molecule has 0 aliphatic heterocycles. The van der Waals surface area contributed by atoms with Crippen molar-refractivity contribution in [1.29, 1.82) is 0 Å². The Morgan fingerprint density at radius 2 is 1.91 bits per heavy atom. The number of aromatic nitrogens is 2. The minimum absolute atomic E-state index is 0. The lowest BCUT2D eigenvalue weighted by molar-refractivity contribution is -0.121. The Morgan fingerprint density at radius 1 is 1.16 bits per heavy atom. The topological polar surface area (TPSA) is 94.4 Å². The molecule has 2 unspecified atom stereocenters. The van der Waals surface area contributed by atoms with Gasteiger partial charge in [0.05, 0.1) is 5.41 Å². The average Bonchev–Trinajstić information content (AvgIpc) is 3.34. The molecule has 3 aromatic rings. The number of carbonyl (C=O) groups excluding carboxylic acids is 1. The van der Waals surface area contributed by atoms with E-state index >= 15 is 0 Å². The summed E-state index contributed by atoms with van der Waals surface area (Å²) in [7, 11) is 0. The zero-order chi connectivity index (χ0) is 21.6. The molecule has 0 saturated heterocycles. The van der Waals surface area contributed by atoms with Crippen LogP contribution in [-0.2, 0) is 4.79 Å². The number of aryl methyl sites for hydroxylation is 2. The summed E-state index contributed by atoms with van der Waals surface area (Å²) in [5.74, 6) is 0.934. The molecule has 0 spiro atoms. The molecular formula is C25H23ClN4O2. The van der Waals surface area contributed by atoms with Crippen molar-refractivity contribution in [3.63, 3.8) is 0 Å². The first-order valence-corrected chi connectivity index (χ1v) is 10.2. The van der Waals surface area contributed by atoms with Gasteiger partial charge in [-0.2, -0.15) is 9.98 Å².